The van der Waals surface area contributed by atoms with E-state index in [1.54, 1.807) is 30.2 Å². The second-order valence-electron chi connectivity index (χ2n) is 4.91. The predicted molar refractivity (Wildman–Crippen MR) is 73.4 cm³/mol. The van der Waals surface area contributed by atoms with Crippen molar-refractivity contribution < 1.29 is 9.72 Å². The van der Waals surface area contributed by atoms with Gasteiger partial charge in [0, 0.05) is 35.5 Å². The molecule has 7 nitrogen and oxygen atoms in total. The van der Waals surface area contributed by atoms with Crippen LogP contribution in [0.4, 0.5) is 5.69 Å². The van der Waals surface area contributed by atoms with Crippen molar-refractivity contribution in [1.29, 1.82) is 0 Å². The van der Waals surface area contributed by atoms with Crippen molar-refractivity contribution in [2.45, 2.75) is 20.0 Å². The third-order valence-electron chi connectivity index (χ3n) is 3.52. The topological polar surface area (TPSA) is 89.2 Å². The molecule has 0 aliphatic carbocycles. The van der Waals surface area contributed by atoms with Crippen LogP contribution >= 0.6 is 0 Å². The largest absolute Gasteiger partial charge is 0.328 e. The lowest BCUT2D eigenvalue weighted by Gasteiger charge is -2.15. The number of nitrogens with zero attached hydrogens (tertiary/aromatic N) is 4. The minimum Gasteiger partial charge on any atom is -0.328 e. The van der Waals surface area contributed by atoms with Crippen molar-refractivity contribution in [3.63, 3.8) is 0 Å². The van der Waals surface area contributed by atoms with Crippen LogP contribution in [0.15, 0.2) is 30.7 Å². The van der Waals surface area contributed by atoms with E-state index in [0.717, 1.165) is 11.3 Å². The second-order valence-corrected chi connectivity index (χ2v) is 4.91. The number of carbonyl (C=O) groups is 1. The molecule has 106 valence electrons. The molecule has 2 heterocycles. The fraction of sp³-hybridized carbons (Fsp3) is 0.214. The summed E-state index contributed by atoms with van der Waals surface area (Å²) in [5.74, 6) is -0.240. The zero-order valence-corrected chi connectivity index (χ0v) is 11.3. The van der Waals surface area contributed by atoms with Crippen molar-refractivity contribution >= 4 is 11.6 Å². The number of aryl methyl sites for hydroxylation is 1. The molecule has 0 atom stereocenters. The minimum atomic E-state index is -0.476. The number of hydrogen-bond acceptors (Lipinski definition) is 5. The van der Waals surface area contributed by atoms with Crippen LogP contribution in [0.3, 0.4) is 0 Å². The fourth-order valence-electron chi connectivity index (χ4n) is 2.37. The zero-order chi connectivity index (χ0) is 15.0. The summed E-state index contributed by atoms with van der Waals surface area (Å²) in [6, 6.07) is 4.53. The van der Waals surface area contributed by atoms with Crippen LogP contribution in [0.1, 0.15) is 27.2 Å². The van der Waals surface area contributed by atoms with E-state index >= 15 is 0 Å². The van der Waals surface area contributed by atoms with Gasteiger partial charge in [0.05, 0.1) is 17.2 Å². The molecule has 0 saturated heterocycles. The number of amides is 1. The number of aromatic nitrogens is 2. The normalized spacial score (nSPS) is 13.1. The lowest BCUT2D eigenvalue weighted by atomic mass is 10.1. The van der Waals surface area contributed by atoms with E-state index in [1.807, 2.05) is 0 Å². The number of benzene rings is 1. The molecule has 0 unspecified atom stereocenters. The number of nitro groups is 1. The van der Waals surface area contributed by atoms with E-state index in [2.05, 4.69) is 9.97 Å². The Kier molecular flexibility index (Phi) is 3.09. The van der Waals surface area contributed by atoms with Gasteiger partial charge in [0.1, 0.15) is 6.33 Å². The Morgan fingerprint density at radius 2 is 2.19 bits per heavy atom. The molecule has 21 heavy (non-hydrogen) atoms. The van der Waals surface area contributed by atoms with Gasteiger partial charge in [-0.25, -0.2) is 9.97 Å². The van der Waals surface area contributed by atoms with Crippen molar-refractivity contribution in [1.82, 2.24) is 14.9 Å². The van der Waals surface area contributed by atoms with Crippen molar-refractivity contribution in [2.24, 2.45) is 0 Å². The van der Waals surface area contributed by atoms with Gasteiger partial charge in [0.15, 0.2) is 0 Å². The summed E-state index contributed by atoms with van der Waals surface area (Å²) in [6.45, 7) is 2.47. The van der Waals surface area contributed by atoms with E-state index in [0.29, 0.717) is 24.2 Å². The third kappa shape index (κ3) is 2.33. The molecule has 1 aliphatic heterocycles. The standard InChI is InChI=1S/C14H12N4O3/c1-9-2-3-10(4-13(9)18(20)21)14(19)17-6-11-5-15-8-16-12(11)7-17/h2-5,8H,6-7H2,1H3. The molecule has 0 fully saturated rings. The van der Waals surface area contributed by atoms with E-state index in [4.69, 9.17) is 0 Å². The highest BCUT2D eigenvalue weighted by atomic mass is 16.6. The maximum atomic E-state index is 12.5. The average Bonchev–Trinajstić information content (AvgIpc) is 2.90. The predicted octanol–water partition coefficient (Wildman–Crippen LogP) is 1.85. The van der Waals surface area contributed by atoms with Gasteiger partial charge in [-0.3, -0.25) is 14.9 Å². The molecule has 0 radical (unpaired) electrons. The summed E-state index contributed by atoms with van der Waals surface area (Å²) < 4.78 is 0. The quantitative estimate of drug-likeness (QED) is 0.620. The van der Waals surface area contributed by atoms with Crippen molar-refractivity contribution in [2.75, 3.05) is 0 Å². The Morgan fingerprint density at radius 3 is 2.90 bits per heavy atom. The summed E-state index contributed by atoms with van der Waals surface area (Å²) in [5.41, 5.74) is 2.53. The molecule has 0 saturated carbocycles. The van der Waals surface area contributed by atoms with Gasteiger partial charge >= 0.3 is 0 Å². The number of fused-ring (bicyclic) bond motifs is 1. The number of carbonyl (C=O) groups excluding carboxylic acids is 1. The molecule has 1 aromatic heterocycles. The molecule has 2 aromatic rings. The van der Waals surface area contributed by atoms with Crippen molar-refractivity contribution in [3.8, 4) is 0 Å². The number of hydrogen-bond donors (Lipinski definition) is 0. The minimum absolute atomic E-state index is 0.0441. The summed E-state index contributed by atoms with van der Waals surface area (Å²) in [4.78, 5) is 32.6. The van der Waals surface area contributed by atoms with E-state index in [-0.39, 0.29) is 11.6 Å². The molecule has 0 N–H and O–H groups in total. The van der Waals surface area contributed by atoms with Gasteiger partial charge in [-0.15, -0.1) is 0 Å². The lowest BCUT2D eigenvalue weighted by Crippen LogP contribution is -2.25. The Labute approximate surface area is 120 Å². The van der Waals surface area contributed by atoms with Crippen LogP contribution in [0.2, 0.25) is 0 Å². The summed E-state index contributed by atoms with van der Waals surface area (Å²) >= 11 is 0. The van der Waals surface area contributed by atoms with Gasteiger partial charge < -0.3 is 4.90 Å². The highest BCUT2D eigenvalue weighted by Crippen LogP contribution is 2.24. The fourth-order valence-corrected chi connectivity index (χ4v) is 2.37. The van der Waals surface area contributed by atoms with E-state index in [9.17, 15) is 14.9 Å². The first kappa shape index (κ1) is 13.2. The van der Waals surface area contributed by atoms with Crippen LogP contribution in [0.5, 0.6) is 0 Å². The first-order valence-corrected chi connectivity index (χ1v) is 6.38. The highest BCUT2D eigenvalue weighted by molar-refractivity contribution is 5.95. The van der Waals surface area contributed by atoms with Gasteiger partial charge in [-0.05, 0) is 13.0 Å². The highest BCUT2D eigenvalue weighted by Gasteiger charge is 2.26. The number of nitro benzene ring substituents is 1. The summed E-state index contributed by atoms with van der Waals surface area (Å²) in [6.07, 6.45) is 3.14. The van der Waals surface area contributed by atoms with Crippen LogP contribution < -0.4 is 0 Å². The van der Waals surface area contributed by atoms with E-state index < -0.39 is 4.92 Å². The molecule has 1 aromatic carbocycles. The summed E-state index contributed by atoms with van der Waals surface area (Å²) in [7, 11) is 0. The number of rotatable bonds is 2. The van der Waals surface area contributed by atoms with Gasteiger partial charge in [-0.1, -0.05) is 6.07 Å². The first-order chi connectivity index (χ1) is 10.1. The van der Waals surface area contributed by atoms with E-state index in [1.165, 1.54) is 12.4 Å². The van der Waals surface area contributed by atoms with Gasteiger partial charge in [0.25, 0.3) is 11.6 Å². The molecule has 0 bridgehead atoms. The Hall–Kier alpha value is -2.83. The smallest absolute Gasteiger partial charge is 0.273 e. The van der Waals surface area contributed by atoms with Crippen LogP contribution in [-0.2, 0) is 13.1 Å². The van der Waals surface area contributed by atoms with Crippen LogP contribution in [0, 0.1) is 17.0 Å². The Bertz CT molecular complexity index is 720. The van der Waals surface area contributed by atoms with Gasteiger partial charge in [-0.2, -0.15) is 0 Å². The second kappa shape index (κ2) is 4.93. The molecule has 0 spiro atoms. The summed E-state index contributed by atoms with van der Waals surface area (Å²) in [5, 5.41) is 11.0. The lowest BCUT2D eigenvalue weighted by molar-refractivity contribution is -0.385. The third-order valence-corrected chi connectivity index (χ3v) is 3.52. The van der Waals surface area contributed by atoms with Crippen LogP contribution in [0.25, 0.3) is 0 Å². The molecular formula is C14H12N4O3. The maximum absolute atomic E-state index is 12.5. The van der Waals surface area contributed by atoms with Crippen LogP contribution in [-0.4, -0.2) is 25.7 Å². The van der Waals surface area contributed by atoms with Gasteiger partial charge in [0.2, 0.25) is 0 Å². The first-order valence-electron chi connectivity index (χ1n) is 6.38. The van der Waals surface area contributed by atoms with Crippen molar-refractivity contribution in [3.05, 3.63) is 63.2 Å². The molecular weight excluding hydrogens is 272 g/mol. The molecule has 1 aliphatic rings. The monoisotopic (exact) mass is 284 g/mol. The maximum Gasteiger partial charge on any atom is 0.273 e. The molecule has 1 amide bonds. The molecule has 3 rings (SSSR count). The molecule has 7 heteroatoms. The zero-order valence-electron chi connectivity index (χ0n) is 11.3. The SMILES string of the molecule is Cc1ccc(C(=O)N2Cc3cncnc3C2)cc1[N+](=O)[O-]. The average molecular weight is 284 g/mol. The Morgan fingerprint density at radius 1 is 1.38 bits per heavy atom. The Balaban J connectivity index is 1.87.